The van der Waals surface area contributed by atoms with Crippen LogP contribution in [0.4, 0.5) is 4.79 Å². The summed E-state index contributed by atoms with van der Waals surface area (Å²) >= 11 is 1.78. The number of carbonyl (C=O) groups excluding carboxylic acids is 3. The first-order valence-corrected chi connectivity index (χ1v) is 10.1. The first kappa shape index (κ1) is 16.7. The van der Waals surface area contributed by atoms with Gasteiger partial charge in [-0.05, 0) is 24.3 Å². The van der Waals surface area contributed by atoms with Gasteiger partial charge < -0.3 is 4.90 Å². The summed E-state index contributed by atoms with van der Waals surface area (Å²) in [6, 6.07) is 1.96. The lowest BCUT2D eigenvalue weighted by atomic mass is 9.98. The number of hydrogen-bond donors (Lipinski definition) is 1. The quantitative estimate of drug-likeness (QED) is 0.649. The number of fused-ring (bicyclic) bond motifs is 1. The minimum absolute atomic E-state index is 0.0873. The number of rotatable bonds is 4. The third-order valence-electron chi connectivity index (χ3n) is 5.86. The molecule has 7 heteroatoms. The highest BCUT2D eigenvalue weighted by Gasteiger charge is 2.50. The van der Waals surface area contributed by atoms with Crippen LogP contribution in [0.15, 0.2) is 11.4 Å². The van der Waals surface area contributed by atoms with Gasteiger partial charge in [-0.15, -0.1) is 11.3 Å². The normalized spacial score (nSPS) is 27.5. The second-order valence-electron chi connectivity index (χ2n) is 7.21. The summed E-state index contributed by atoms with van der Waals surface area (Å²) < 4.78 is 0. The molecule has 3 heterocycles. The second-order valence-corrected chi connectivity index (χ2v) is 8.21. The maximum Gasteiger partial charge on any atom is 0.338 e. The van der Waals surface area contributed by atoms with E-state index in [1.807, 2.05) is 0 Å². The maximum absolute atomic E-state index is 12.8. The van der Waals surface area contributed by atoms with Gasteiger partial charge in [0, 0.05) is 29.3 Å². The molecule has 0 aromatic carbocycles. The Morgan fingerprint density at radius 3 is 2.68 bits per heavy atom. The van der Waals surface area contributed by atoms with Gasteiger partial charge in [0.15, 0.2) is 6.67 Å². The molecule has 2 fully saturated rings. The molecule has 4 rings (SSSR count). The van der Waals surface area contributed by atoms with Gasteiger partial charge in [-0.2, -0.15) is 0 Å². The van der Waals surface area contributed by atoms with Crippen molar-refractivity contribution in [2.75, 3.05) is 13.2 Å². The molecule has 1 aromatic rings. The summed E-state index contributed by atoms with van der Waals surface area (Å²) in [7, 11) is 0. The van der Waals surface area contributed by atoms with E-state index in [1.54, 1.807) is 11.3 Å². The SMILES string of the molecule is CC[C@@H]1c2ccsc2CC[NH+]1CN1C(=O)C(=O)N(C2CCCC2)C1=O. The van der Waals surface area contributed by atoms with Gasteiger partial charge in [0.25, 0.3) is 0 Å². The molecule has 1 saturated heterocycles. The monoisotopic (exact) mass is 362 g/mol. The number of carbonyl (C=O) groups is 3. The highest BCUT2D eigenvalue weighted by atomic mass is 32.1. The average Bonchev–Trinajstić information content (AvgIpc) is 3.33. The van der Waals surface area contributed by atoms with Gasteiger partial charge in [0.1, 0.15) is 6.04 Å². The fourth-order valence-electron chi connectivity index (χ4n) is 4.58. The summed E-state index contributed by atoms with van der Waals surface area (Å²) in [5.41, 5.74) is 1.34. The third-order valence-corrected chi connectivity index (χ3v) is 6.86. The van der Waals surface area contributed by atoms with Crippen molar-refractivity contribution in [3.05, 3.63) is 21.9 Å². The molecular weight excluding hydrogens is 338 g/mol. The Bertz CT molecular complexity index is 710. The van der Waals surface area contributed by atoms with Crippen molar-refractivity contribution >= 4 is 29.2 Å². The summed E-state index contributed by atoms with van der Waals surface area (Å²) in [5.74, 6) is -1.27. The Kier molecular flexibility index (Phi) is 4.37. The van der Waals surface area contributed by atoms with Gasteiger partial charge in [-0.3, -0.25) is 14.5 Å². The predicted octanol–water partition coefficient (Wildman–Crippen LogP) is 1.33. The first-order valence-electron chi connectivity index (χ1n) is 9.21. The van der Waals surface area contributed by atoms with Crippen molar-refractivity contribution in [2.45, 2.75) is 57.5 Å². The number of nitrogens with one attached hydrogen (secondary N) is 1. The molecule has 134 valence electrons. The molecule has 0 bridgehead atoms. The van der Waals surface area contributed by atoms with Crippen molar-refractivity contribution < 1.29 is 19.3 Å². The Morgan fingerprint density at radius 1 is 1.20 bits per heavy atom. The number of urea groups is 1. The van der Waals surface area contributed by atoms with Crippen LogP contribution in [0.25, 0.3) is 0 Å². The largest absolute Gasteiger partial charge is 0.338 e. The van der Waals surface area contributed by atoms with Gasteiger partial charge in [-0.1, -0.05) is 19.8 Å². The molecule has 0 radical (unpaired) electrons. The van der Waals surface area contributed by atoms with E-state index in [0.717, 1.165) is 45.1 Å². The summed E-state index contributed by atoms with van der Waals surface area (Å²) in [5, 5.41) is 2.12. The Labute approximate surface area is 151 Å². The number of nitrogens with zero attached hydrogens (tertiary/aromatic N) is 2. The smallest absolute Gasteiger partial charge is 0.311 e. The van der Waals surface area contributed by atoms with Crippen LogP contribution >= 0.6 is 11.3 Å². The van der Waals surface area contributed by atoms with E-state index >= 15 is 0 Å². The predicted molar refractivity (Wildman–Crippen MR) is 93.1 cm³/mol. The average molecular weight is 362 g/mol. The molecule has 1 aliphatic carbocycles. The van der Waals surface area contributed by atoms with E-state index in [-0.39, 0.29) is 12.1 Å². The minimum Gasteiger partial charge on any atom is -0.311 e. The molecule has 2 atom stereocenters. The number of quaternary nitrogens is 1. The van der Waals surface area contributed by atoms with Gasteiger partial charge in [-0.25, -0.2) is 9.69 Å². The van der Waals surface area contributed by atoms with Crippen LogP contribution in [0.3, 0.4) is 0 Å². The third kappa shape index (κ3) is 2.69. The first-order chi connectivity index (χ1) is 12.1. The zero-order valence-electron chi connectivity index (χ0n) is 14.5. The molecule has 1 saturated carbocycles. The Hall–Kier alpha value is -1.73. The summed E-state index contributed by atoms with van der Waals surface area (Å²) in [4.78, 5) is 42.6. The zero-order chi connectivity index (χ0) is 17.6. The second kappa shape index (κ2) is 6.53. The topological polar surface area (TPSA) is 62.1 Å². The lowest BCUT2D eigenvalue weighted by Gasteiger charge is -2.34. The van der Waals surface area contributed by atoms with Crippen LogP contribution in [0, 0.1) is 0 Å². The van der Waals surface area contributed by atoms with E-state index in [4.69, 9.17) is 0 Å². The lowest BCUT2D eigenvalue weighted by molar-refractivity contribution is -0.940. The van der Waals surface area contributed by atoms with Crippen molar-refractivity contribution in [1.82, 2.24) is 9.80 Å². The van der Waals surface area contributed by atoms with Crippen LogP contribution in [0.5, 0.6) is 0 Å². The van der Waals surface area contributed by atoms with Crippen LogP contribution in [-0.2, 0) is 16.0 Å². The fraction of sp³-hybridized carbons (Fsp3) is 0.611. The maximum atomic E-state index is 12.8. The lowest BCUT2D eigenvalue weighted by Crippen LogP contribution is -3.14. The zero-order valence-corrected chi connectivity index (χ0v) is 15.3. The molecule has 4 amide bonds. The number of thiophene rings is 1. The standard InChI is InChI=1S/C18H23N3O3S/c1-2-14-13-8-10-25-15(13)7-9-19(14)11-20-16(22)17(23)21(18(20)24)12-5-3-4-6-12/h8,10,12,14H,2-7,9,11H2,1H3/p+1/t14-/m1/s1. The van der Waals surface area contributed by atoms with Crippen LogP contribution in [0.2, 0.25) is 0 Å². The number of hydrogen-bond acceptors (Lipinski definition) is 4. The van der Waals surface area contributed by atoms with Gasteiger partial charge >= 0.3 is 17.8 Å². The molecule has 25 heavy (non-hydrogen) atoms. The van der Waals surface area contributed by atoms with Crippen molar-refractivity contribution in [1.29, 1.82) is 0 Å². The fourth-order valence-corrected chi connectivity index (χ4v) is 5.52. The molecular formula is C18H24N3O3S+. The van der Waals surface area contributed by atoms with Crippen molar-refractivity contribution in [3.8, 4) is 0 Å². The molecule has 2 aliphatic heterocycles. The van der Waals surface area contributed by atoms with E-state index in [1.165, 1.54) is 25.1 Å². The molecule has 6 nitrogen and oxygen atoms in total. The van der Waals surface area contributed by atoms with E-state index < -0.39 is 17.8 Å². The summed E-state index contributed by atoms with van der Waals surface area (Å²) in [6.07, 6.45) is 5.61. The number of amides is 4. The van der Waals surface area contributed by atoms with Crippen LogP contribution in [-0.4, -0.2) is 46.9 Å². The van der Waals surface area contributed by atoms with E-state index in [2.05, 4.69) is 18.4 Å². The molecule has 1 unspecified atom stereocenters. The number of imide groups is 2. The summed E-state index contributed by atoms with van der Waals surface area (Å²) in [6.45, 7) is 3.32. The molecule has 3 aliphatic rings. The van der Waals surface area contributed by atoms with E-state index in [0.29, 0.717) is 6.67 Å². The van der Waals surface area contributed by atoms with Gasteiger partial charge in [0.2, 0.25) is 0 Å². The molecule has 1 aromatic heterocycles. The Balaban J connectivity index is 1.53. The molecule has 1 N–H and O–H groups in total. The van der Waals surface area contributed by atoms with Gasteiger partial charge in [0.05, 0.1) is 6.54 Å². The van der Waals surface area contributed by atoms with Crippen molar-refractivity contribution in [2.24, 2.45) is 0 Å². The Morgan fingerprint density at radius 2 is 1.96 bits per heavy atom. The van der Waals surface area contributed by atoms with E-state index in [9.17, 15) is 14.4 Å². The van der Waals surface area contributed by atoms with Crippen LogP contribution in [0.1, 0.15) is 55.5 Å². The van der Waals surface area contributed by atoms with Crippen LogP contribution < -0.4 is 4.90 Å². The molecule has 0 spiro atoms. The highest BCUT2D eigenvalue weighted by Crippen LogP contribution is 2.29. The minimum atomic E-state index is -0.643. The van der Waals surface area contributed by atoms with Crippen molar-refractivity contribution in [3.63, 3.8) is 0 Å². The highest BCUT2D eigenvalue weighted by molar-refractivity contribution is 7.10.